The number of rotatable bonds is 4. The minimum atomic E-state index is -0.931. The summed E-state index contributed by atoms with van der Waals surface area (Å²) in [5.41, 5.74) is 4.17. The topological polar surface area (TPSA) is 79.3 Å². The molecule has 130 valence electrons. The van der Waals surface area contributed by atoms with Crippen LogP contribution in [0.5, 0.6) is 0 Å². The molecule has 3 rings (SSSR count). The van der Waals surface area contributed by atoms with Crippen molar-refractivity contribution in [3.05, 3.63) is 46.9 Å². The van der Waals surface area contributed by atoms with Gasteiger partial charge in [0.25, 0.3) is 0 Å². The molecule has 2 N–H and O–H groups in total. The summed E-state index contributed by atoms with van der Waals surface area (Å²) in [5.74, 6) is -2.45. The maximum Gasteiger partial charge on any atom is 0.307 e. The standard InChI is InChI=1S/C19H20N2O3S/c1-11-7-8-13(12(2)9-11)16-10-25-19(20-16)21-17(22)14-5-3-4-6-15(14)18(23)24/h3-4,7-10,14-15H,5-6H2,1-2H3,(H,23,24)(H,20,21,22)/t14-,15-/m1/s1. The number of carbonyl (C=O) groups excluding carboxylic acids is 1. The van der Waals surface area contributed by atoms with Crippen LogP contribution < -0.4 is 5.32 Å². The molecular weight excluding hydrogens is 336 g/mol. The van der Waals surface area contributed by atoms with Crippen LogP contribution in [0.4, 0.5) is 5.13 Å². The molecule has 0 radical (unpaired) electrons. The number of hydrogen-bond acceptors (Lipinski definition) is 4. The minimum absolute atomic E-state index is 0.279. The van der Waals surface area contributed by atoms with Crippen molar-refractivity contribution in [1.29, 1.82) is 0 Å². The van der Waals surface area contributed by atoms with Crippen LogP contribution in [0.2, 0.25) is 0 Å². The highest BCUT2D eigenvalue weighted by molar-refractivity contribution is 7.14. The zero-order valence-electron chi connectivity index (χ0n) is 14.2. The van der Waals surface area contributed by atoms with Gasteiger partial charge in [0.2, 0.25) is 5.91 Å². The molecule has 0 fully saturated rings. The van der Waals surface area contributed by atoms with Crippen LogP contribution in [0.15, 0.2) is 35.7 Å². The third kappa shape index (κ3) is 3.79. The summed E-state index contributed by atoms with van der Waals surface area (Å²) in [6, 6.07) is 6.15. The second-order valence-corrected chi connectivity index (χ2v) is 7.20. The molecular formula is C19H20N2O3S. The van der Waals surface area contributed by atoms with Gasteiger partial charge in [-0.25, -0.2) is 4.98 Å². The molecule has 2 aromatic rings. The first-order valence-corrected chi connectivity index (χ1v) is 9.05. The van der Waals surface area contributed by atoms with Gasteiger partial charge < -0.3 is 10.4 Å². The predicted octanol–water partition coefficient (Wildman–Crippen LogP) is 4.03. The van der Waals surface area contributed by atoms with Crippen molar-refractivity contribution in [1.82, 2.24) is 4.98 Å². The van der Waals surface area contributed by atoms with E-state index < -0.39 is 17.8 Å². The van der Waals surface area contributed by atoms with Gasteiger partial charge >= 0.3 is 5.97 Å². The van der Waals surface area contributed by atoms with Crippen LogP contribution in [0.3, 0.4) is 0 Å². The number of carboxylic acids is 1. The number of aliphatic carboxylic acids is 1. The van der Waals surface area contributed by atoms with Crippen molar-refractivity contribution in [3.63, 3.8) is 0 Å². The Morgan fingerprint density at radius 3 is 2.60 bits per heavy atom. The van der Waals surface area contributed by atoms with E-state index in [1.807, 2.05) is 43.5 Å². The average Bonchev–Trinajstić information content (AvgIpc) is 3.02. The number of allylic oxidation sites excluding steroid dienone is 2. The summed E-state index contributed by atoms with van der Waals surface area (Å²) in [7, 11) is 0. The number of amides is 1. The second kappa shape index (κ2) is 7.19. The van der Waals surface area contributed by atoms with E-state index in [1.54, 1.807) is 0 Å². The second-order valence-electron chi connectivity index (χ2n) is 6.34. The summed E-state index contributed by atoms with van der Waals surface area (Å²) in [6.07, 6.45) is 4.52. The quantitative estimate of drug-likeness (QED) is 0.811. The van der Waals surface area contributed by atoms with Gasteiger partial charge in [0, 0.05) is 10.9 Å². The normalized spacial score (nSPS) is 19.6. The predicted molar refractivity (Wildman–Crippen MR) is 98.6 cm³/mol. The Bertz CT molecular complexity index is 841. The van der Waals surface area contributed by atoms with Crippen LogP contribution >= 0.6 is 11.3 Å². The lowest BCUT2D eigenvalue weighted by molar-refractivity contribution is -0.146. The van der Waals surface area contributed by atoms with Crippen molar-refractivity contribution >= 4 is 28.3 Å². The summed E-state index contributed by atoms with van der Waals surface area (Å²) in [6.45, 7) is 4.08. The largest absolute Gasteiger partial charge is 0.481 e. The maximum absolute atomic E-state index is 12.5. The van der Waals surface area contributed by atoms with E-state index in [1.165, 1.54) is 16.9 Å². The molecule has 5 nitrogen and oxygen atoms in total. The van der Waals surface area contributed by atoms with E-state index in [9.17, 15) is 14.7 Å². The first-order valence-electron chi connectivity index (χ1n) is 8.17. The fourth-order valence-corrected chi connectivity index (χ4v) is 3.84. The van der Waals surface area contributed by atoms with E-state index in [4.69, 9.17) is 0 Å². The van der Waals surface area contributed by atoms with Gasteiger partial charge in [-0.15, -0.1) is 11.3 Å². The summed E-state index contributed by atoms with van der Waals surface area (Å²) >= 11 is 1.35. The van der Waals surface area contributed by atoms with Crippen LogP contribution in [0.1, 0.15) is 24.0 Å². The van der Waals surface area contributed by atoms with E-state index in [2.05, 4.69) is 16.4 Å². The zero-order chi connectivity index (χ0) is 18.0. The summed E-state index contributed by atoms with van der Waals surface area (Å²) in [5, 5.41) is 14.5. The van der Waals surface area contributed by atoms with Crippen LogP contribution in [-0.4, -0.2) is 22.0 Å². The van der Waals surface area contributed by atoms with Gasteiger partial charge in [-0.1, -0.05) is 35.9 Å². The van der Waals surface area contributed by atoms with Crippen LogP contribution in [-0.2, 0) is 9.59 Å². The molecule has 2 atom stereocenters. The highest BCUT2D eigenvalue weighted by Gasteiger charge is 2.34. The molecule has 0 saturated carbocycles. The van der Waals surface area contributed by atoms with Gasteiger partial charge in [0.15, 0.2) is 5.13 Å². The molecule has 25 heavy (non-hydrogen) atoms. The number of benzene rings is 1. The molecule has 0 unspecified atom stereocenters. The third-order valence-corrected chi connectivity index (χ3v) is 5.24. The monoisotopic (exact) mass is 356 g/mol. The van der Waals surface area contributed by atoms with Crippen molar-refractivity contribution < 1.29 is 14.7 Å². The van der Waals surface area contributed by atoms with Crippen LogP contribution in [0, 0.1) is 25.7 Å². The Kier molecular flexibility index (Phi) is 4.99. The molecule has 0 saturated heterocycles. The fraction of sp³-hybridized carbons (Fsp3) is 0.316. The number of thiazole rings is 1. The fourth-order valence-electron chi connectivity index (χ4n) is 3.13. The van der Waals surface area contributed by atoms with E-state index >= 15 is 0 Å². The Balaban J connectivity index is 1.76. The molecule has 1 aromatic carbocycles. The SMILES string of the molecule is Cc1ccc(-c2csc(NC(=O)[C@@H]3CC=CC[C@H]3C(=O)O)n2)c(C)c1. The minimum Gasteiger partial charge on any atom is -0.481 e. The zero-order valence-corrected chi connectivity index (χ0v) is 15.0. The molecule has 6 heteroatoms. The molecule has 1 heterocycles. The van der Waals surface area contributed by atoms with Crippen molar-refractivity contribution in [2.75, 3.05) is 5.32 Å². The lowest BCUT2D eigenvalue weighted by Crippen LogP contribution is -2.34. The third-order valence-electron chi connectivity index (χ3n) is 4.48. The molecule has 1 aromatic heterocycles. The van der Waals surface area contributed by atoms with Crippen molar-refractivity contribution in [2.45, 2.75) is 26.7 Å². The average molecular weight is 356 g/mol. The molecule has 1 aliphatic carbocycles. The van der Waals surface area contributed by atoms with E-state index in [-0.39, 0.29) is 5.91 Å². The van der Waals surface area contributed by atoms with Gasteiger partial charge in [-0.3, -0.25) is 9.59 Å². The molecule has 1 amide bonds. The number of anilines is 1. The number of nitrogens with zero attached hydrogens (tertiary/aromatic N) is 1. The first-order chi connectivity index (χ1) is 12.0. The number of hydrogen-bond donors (Lipinski definition) is 2. The van der Waals surface area contributed by atoms with Gasteiger partial charge in [-0.05, 0) is 32.3 Å². The lowest BCUT2D eigenvalue weighted by atomic mass is 9.82. The van der Waals surface area contributed by atoms with E-state index in [0.717, 1.165) is 16.8 Å². The molecule has 0 aliphatic heterocycles. The number of nitrogens with one attached hydrogen (secondary N) is 1. The molecule has 0 spiro atoms. The number of aromatic nitrogens is 1. The maximum atomic E-state index is 12.5. The highest BCUT2D eigenvalue weighted by atomic mass is 32.1. The lowest BCUT2D eigenvalue weighted by Gasteiger charge is -2.23. The Hall–Kier alpha value is -2.47. The van der Waals surface area contributed by atoms with Gasteiger partial charge in [0.1, 0.15) is 0 Å². The van der Waals surface area contributed by atoms with Crippen LogP contribution in [0.25, 0.3) is 11.3 Å². The Labute approximate surface area is 150 Å². The number of carboxylic acid groups (broad SMARTS) is 1. The van der Waals surface area contributed by atoms with Crippen molar-refractivity contribution in [2.24, 2.45) is 11.8 Å². The Morgan fingerprint density at radius 2 is 1.92 bits per heavy atom. The van der Waals surface area contributed by atoms with E-state index in [0.29, 0.717) is 18.0 Å². The Morgan fingerprint density at radius 1 is 1.20 bits per heavy atom. The number of aryl methyl sites for hydroxylation is 2. The number of carbonyl (C=O) groups is 2. The van der Waals surface area contributed by atoms with Gasteiger partial charge in [0.05, 0.1) is 17.5 Å². The molecule has 0 bridgehead atoms. The summed E-state index contributed by atoms with van der Waals surface area (Å²) < 4.78 is 0. The van der Waals surface area contributed by atoms with Gasteiger partial charge in [-0.2, -0.15) is 0 Å². The summed E-state index contributed by atoms with van der Waals surface area (Å²) in [4.78, 5) is 28.3. The highest BCUT2D eigenvalue weighted by Crippen LogP contribution is 2.30. The van der Waals surface area contributed by atoms with Crippen molar-refractivity contribution in [3.8, 4) is 11.3 Å². The smallest absolute Gasteiger partial charge is 0.307 e. The first kappa shape index (κ1) is 17.4. The molecule has 1 aliphatic rings.